The fourth-order valence-corrected chi connectivity index (χ4v) is 0.880. The zero-order chi connectivity index (χ0) is 8.27. The van der Waals surface area contributed by atoms with E-state index in [-0.39, 0.29) is 24.7 Å². The summed E-state index contributed by atoms with van der Waals surface area (Å²) in [6.45, 7) is 0.00856. The number of hydrogen-bond acceptors (Lipinski definition) is 3. The molecular formula is C7H8BrClN2O. The lowest BCUT2D eigenvalue weighted by atomic mass is 10.2. The van der Waals surface area contributed by atoms with Crippen LogP contribution < -0.4 is 5.73 Å². The summed E-state index contributed by atoms with van der Waals surface area (Å²) in [6.07, 6.45) is 1.57. The van der Waals surface area contributed by atoms with Crippen molar-refractivity contribution in [3.05, 3.63) is 28.5 Å². The lowest BCUT2D eigenvalue weighted by Crippen LogP contribution is -2.14. The molecule has 1 heterocycles. The summed E-state index contributed by atoms with van der Waals surface area (Å²) in [5.74, 6) is -0.141. The topological polar surface area (TPSA) is 56.0 Å². The molecule has 0 unspecified atom stereocenters. The highest BCUT2D eigenvalue weighted by atomic mass is 79.9. The van der Waals surface area contributed by atoms with E-state index in [1.165, 1.54) is 0 Å². The van der Waals surface area contributed by atoms with Crippen LogP contribution in [0.15, 0.2) is 22.8 Å². The molecule has 2 N–H and O–H groups in total. The van der Waals surface area contributed by atoms with Crippen LogP contribution in [-0.4, -0.2) is 17.3 Å². The molecule has 0 aliphatic heterocycles. The fourth-order valence-electron chi connectivity index (χ4n) is 0.645. The van der Waals surface area contributed by atoms with E-state index in [9.17, 15) is 4.79 Å². The van der Waals surface area contributed by atoms with E-state index in [1.54, 1.807) is 18.3 Å². The van der Waals surface area contributed by atoms with E-state index >= 15 is 0 Å². The highest BCUT2D eigenvalue weighted by molar-refractivity contribution is 9.10. The molecule has 3 nitrogen and oxygen atoms in total. The van der Waals surface area contributed by atoms with Crippen molar-refractivity contribution in [3.8, 4) is 0 Å². The third-order valence-electron chi connectivity index (χ3n) is 1.20. The van der Waals surface area contributed by atoms with Crippen molar-refractivity contribution in [2.24, 2.45) is 5.73 Å². The van der Waals surface area contributed by atoms with Crippen molar-refractivity contribution in [2.75, 3.05) is 6.54 Å². The number of carbonyl (C=O) groups excluding carboxylic acids is 1. The molecule has 0 bridgehead atoms. The first-order valence-electron chi connectivity index (χ1n) is 3.09. The van der Waals surface area contributed by atoms with E-state index in [1.807, 2.05) is 0 Å². The summed E-state index contributed by atoms with van der Waals surface area (Å²) >= 11 is 3.21. The number of nitrogens with zero attached hydrogens (tertiary/aromatic N) is 1. The summed E-state index contributed by atoms with van der Waals surface area (Å²) in [4.78, 5) is 14.8. The van der Waals surface area contributed by atoms with Gasteiger partial charge in [0.1, 0.15) is 5.69 Å². The van der Waals surface area contributed by atoms with E-state index in [0.29, 0.717) is 5.69 Å². The molecule has 0 saturated heterocycles. The van der Waals surface area contributed by atoms with Crippen LogP contribution in [0.2, 0.25) is 0 Å². The molecule has 0 atom stereocenters. The number of pyridine rings is 1. The van der Waals surface area contributed by atoms with Crippen LogP contribution in [0.5, 0.6) is 0 Å². The van der Waals surface area contributed by atoms with Gasteiger partial charge < -0.3 is 5.73 Å². The zero-order valence-electron chi connectivity index (χ0n) is 6.16. The van der Waals surface area contributed by atoms with Crippen molar-refractivity contribution >= 4 is 34.1 Å². The molecule has 0 amide bonds. The number of carbonyl (C=O) groups is 1. The van der Waals surface area contributed by atoms with Gasteiger partial charge in [0, 0.05) is 10.7 Å². The van der Waals surface area contributed by atoms with Gasteiger partial charge in [-0.2, -0.15) is 0 Å². The fraction of sp³-hybridized carbons (Fsp3) is 0.143. The molecule has 1 aromatic heterocycles. The van der Waals surface area contributed by atoms with Crippen molar-refractivity contribution in [1.82, 2.24) is 4.98 Å². The number of Topliss-reactive ketones (excluding diaryl/α,β-unsaturated/α-hetero) is 1. The van der Waals surface area contributed by atoms with Crippen LogP contribution in [0.3, 0.4) is 0 Å². The van der Waals surface area contributed by atoms with Crippen LogP contribution in [0.1, 0.15) is 10.5 Å². The molecule has 1 aromatic rings. The normalized spacial score (nSPS) is 8.83. The second kappa shape index (κ2) is 5.24. The molecule has 5 heteroatoms. The lowest BCUT2D eigenvalue weighted by molar-refractivity contribution is 0.0996. The average Bonchev–Trinajstić information content (AvgIpc) is 2.05. The van der Waals surface area contributed by atoms with Crippen LogP contribution in [0, 0.1) is 0 Å². The highest BCUT2D eigenvalue weighted by Crippen LogP contribution is 2.07. The number of halogens is 2. The zero-order valence-corrected chi connectivity index (χ0v) is 8.56. The first-order chi connectivity index (χ1) is 5.24. The number of nitrogens with two attached hydrogens (primary N) is 1. The number of aromatic nitrogens is 1. The largest absolute Gasteiger partial charge is 0.324 e. The average molecular weight is 252 g/mol. The van der Waals surface area contributed by atoms with Crippen LogP contribution in [0.4, 0.5) is 0 Å². The Bertz CT molecular complexity index is 263. The van der Waals surface area contributed by atoms with Gasteiger partial charge in [-0.05, 0) is 28.1 Å². The molecule has 0 radical (unpaired) electrons. The number of hydrogen-bond donors (Lipinski definition) is 1. The first-order valence-corrected chi connectivity index (χ1v) is 3.88. The summed E-state index contributed by atoms with van der Waals surface area (Å²) in [5.41, 5.74) is 5.55. The first kappa shape index (κ1) is 11.6. The number of ketones is 1. The van der Waals surface area contributed by atoms with Gasteiger partial charge in [0.15, 0.2) is 5.78 Å². The Morgan fingerprint density at radius 3 is 2.67 bits per heavy atom. The summed E-state index contributed by atoms with van der Waals surface area (Å²) in [7, 11) is 0. The van der Waals surface area contributed by atoms with Crippen molar-refractivity contribution in [1.29, 1.82) is 0 Å². The minimum atomic E-state index is -0.141. The molecule has 66 valence electrons. The van der Waals surface area contributed by atoms with Crippen LogP contribution in [0.25, 0.3) is 0 Å². The highest BCUT2D eigenvalue weighted by Gasteiger charge is 2.02. The van der Waals surface area contributed by atoms with E-state index in [2.05, 4.69) is 20.9 Å². The van der Waals surface area contributed by atoms with E-state index < -0.39 is 0 Å². The maximum Gasteiger partial charge on any atom is 0.194 e. The Labute approximate surface area is 84.9 Å². The predicted molar refractivity (Wildman–Crippen MR) is 52.6 cm³/mol. The Morgan fingerprint density at radius 1 is 1.58 bits per heavy atom. The predicted octanol–water partition coefficient (Wildman–Crippen LogP) is 1.41. The third-order valence-corrected chi connectivity index (χ3v) is 1.67. The molecule has 0 saturated carbocycles. The molecular weight excluding hydrogens is 243 g/mol. The van der Waals surface area contributed by atoms with Gasteiger partial charge in [-0.3, -0.25) is 9.78 Å². The summed E-state index contributed by atoms with van der Waals surface area (Å²) in [5, 5.41) is 0. The Morgan fingerprint density at radius 2 is 2.25 bits per heavy atom. The number of rotatable bonds is 2. The second-order valence-corrected chi connectivity index (χ2v) is 2.90. The quantitative estimate of drug-likeness (QED) is 0.809. The van der Waals surface area contributed by atoms with Crippen LogP contribution >= 0.6 is 28.3 Å². The maximum absolute atomic E-state index is 10.9. The Hall–Kier alpha value is -0.450. The minimum Gasteiger partial charge on any atom is -0.324 e. The van der Waals surface area contributed by atoms with Gasteiger partial charge in [0.2, 0.25) is 0 Å². The van der Waals surface area contributed by atoms with Crippen molar-refractivity contribution < 1.29 is 4.79 Å². The molecule has 0 fully saturated rings. The molecule has 0 spiro atoms. The van der Waals surface area contributed by atoms with Gasteiger partial charge in [-0.25, -0.2) is 0 Å². The smallest absolute Gasteiger partial charge is 0.194 e. The summed E-state index contributed by atoms with van der Waals surface area (Å²) < 4.78 is 0.853. The SMILES string of the molecule is Cl.NCC(=O)c1ccc(Br)cn1. The maximum atomic E-state index is 10.9. The van der Waals surface area contributed by atoms with Gasteiger partial charge in [0.25, 0.3) is 0 Å². The van der Waals surface area contributed by atoms with E-state index in [0.717, 1.165) is 4.47 Å². The molecule has 1 rings (SSSR count). The molecule has 0 aliphatic carbocycles. The van der Waals surface area contributed by atoms with Gasteiger partial charge in [-0.1, -0.05) is 0 Å². The van der Waals surface area contributed by atoms with Crippen LogP contribution in [-0.2, 0) is 0 Å². The van der Waals surface area contributed by atoms with Gasteiger partial charge in [-0.15, -0.1) is 12.4 Å². The molecule has 0 aliphatic rings. The third kappa shape index (κ3) is 2.89. The van der Waals surface area contributed by atoms with E-state index in [4.69, 9.17) is 5.73 Å². The monoisotopic (exact) mass is 250 g/mol. The second-order valence-electron chi connectivity index (χ2n) is 1.99. The standard InChI is InChI=1S/C7H7BrN2O.ClH/c8-5-1-2-6(10-4-5)7(11)3-9;/h1-2,4H,3,9H2;1H. The lowest BCUT2D eigenvalue weighted by Gasteiger charge is -1.95. The van der Waals surface area contributed by atoms with Crippen molar-refractivity contribution in [3.63, 3.8) is 0 Å². The molecule has 12 heavy (non-hydrogen) atoms. The minimum absolute atomic E-state index is 0. The van der Waals surface area contributed by atoms with Gasteiger partial charge in [0.05, 0.1) is 6.54 Å². The van der Waals surface area contributed by atoms with Gasteiger partial charge >= 0.3 is 0 Å². The molecule has 0 aromatic carbocycles. The summed E-state index contributed by atoms with van der Waals surface area (Å²) in [6, 6.07) is 3.40. The Balaban J connectivity index is 0.00000121. The van der Waals surface area contributed by atoms with Crippen molar-refractivity contribution in [2.45, 2.75) is 0 Å². The Kier molecular flexibility index (Phi) is 5.04.